The quantitative estimate of drug-likeness (QED) is 0.923. The summed E-state index contributed by atoms with van der Waals surface area (Å²) in [6.45, 7) is 3.29. The molecule has 0 fully saturated rings. The minimum atomic E-state index is -3.61. The Kier molecular flexibility index (Phi) is 4.70. The van der Waals surface area contributed by atoms with Crippen molar-refractivity contribution in [2.75, 3.05) is 0 Å². The molecule has 17 heavy (non-hydrogen) atoms. The van der Waals surface area contributed by atoms with Crippen LogP contribution in [0.4, 0.5) is 0 Å². The highest BCUT2D eigenvalue weighted by Crippen LogP contribution is 2.12. The molecular formula is C11H14BrNO3S. The number of carbonyl (C=O) groups excluding carboxylic acids is 1. The second-order valence-electron chi connectivity index (χ2n) is 4.01. The average Bonchev–Trinajstić information content (AvgIpc) is 2.20. The molecule has 0 spiro atoms. The predicted molar refractivity (Wildman–Crippen MR) is 69.7 cm³/mol. The summed E-state index contributed by atoms with van der Waals surface area (Å²) in [5.41, 5.74) is 0.636. The van der Waals surface area contributed by atoms with Crippen LogP contribution in [0.25, 0.3) is 0 Å². The molecule has 0 aliphatic heterocycles. The fourth-order valence-electron chi connectivity index (χ4n) is 1.11. The molecule has 0 heterocycles. The highest BCUT2D eigenvalue weighted by molar-refractivity contribution is 9.10. The maximum absolute atomic E-state index is 11.7. The van der Waals surface area contributed by atoms with Gasteiger partial charge in [-0.2, -0.15) is 0 Å². The zero-order chi connectivity index (χ0) is 13.1. The van der Waals surface area contributed by atoms with Crippen LogP contribution in [0.15, 0.2) is 28.7 Å². The fourth-order valence-corrected chi connectivity index (χ4v) is 2.62. The van der Waals surface area contributed by atoms with Crippen molar-refractivity contribution in [1.82, 2.24) is 4.72 Å². The Bertz CT molecular complexity index is 494. The van der Waals surface area contributed by atoms with Gasteiger partial charge >= 0.3 is 0 Å². The van der Waals surface area contributed by atoms with E-state index in [9.17, 15) is 13.2 Å². The normalized spacial score (nSPS) is 11.5. The van der Waals surface area contributed by atoms with Gasteiger partial charge < -0.3 is 0 Å². The minimum absolute atomic E-state index is 0.196. The molecule has 94 valence electrons. The molecule has 1 rings (SSSR count). The second-order valence-corrected chi connectivity index (χ2v) is 6.64. The third-order valence-electron chi connectivity index (χ3n) is 2.05. The van der Waals surface area contributed by atoms with E-state index in [1.165, 1.54) is 0 Å². The van der Waals surface area contributed by atoms with E-state index in [0.717, 1.165) is 4.47 Å². The lowest BCUT2D eigenvalue weighted by molar-refractivity contribution is -0.122. The van der Waals surface area contributed by atoms with Crippen LogP contribution in [0.3, 0.4) is 0 Å². The van der Waals surface area contributed by atoms with E-state index in [1.54, 1.807) is 38.1 Å². The fraction of sp³-hybridized carbons (Fsp3) is 0.364. The molecule has 0 saturated carbocycles. The topological polar surface area (TPSA) is 63.2 Å². The van der Waals surface area contributed by atoms with Gasteiger partial charge in [0.25, 0.3) is 0 Å². The number of nitrogens with one attached hydrogen (secondary N) is 1. The summed E-state index contributed by atoms with van der Waals surface area (Å²) in [6, 6.07) is 6.91. The largest absolute Gasteiger partial charge is 0.274 e. The monoisotopic (exact) mass is 319 g/mol. The summed E-state index contributed by atoms with van der Waals surface area (Å²) in [4.78, 5) is 11.3. The van der Waals surface area contributed by atoms with Crippen molar-refractivity contribution in [1.29, 1.82) is 0 Å². The van der Waals surface area contributed by atoms with E-state index in [2.05, 4.69) is 15.9 Å². The van der Waals surface area contributed by atoms with Crippen molar-refractivity contribution in [2.45, 2.75) is 19.6 Å². The third-order valence-corrected chi connectivity index (χ3v) is 3.80. The van der Waals surface area contributed by atoms with Crippen LogP contribution in [0.1, 0.15) is 19.4 Å². The van der Waals surface area contributed by atoms with Gasteiger partial charge in [-0.1, -0.05) is 41.9 Å². The van der Waals surface area contributed by atoms with Crippen LogP contribution >= 0.6 is 15.9 Å². The van der Waals surface area contributed by atoms with Crippen LogP contribution in [-0.2, 0) is 20.6 Å². The second kappa shape index (κ2) is 5.64. The SMILES string of the molecule is CC(C)C(=O)NS(=O)(=O)Cc1ccc(Br)cc1. The van der Waals surface area contributed by atoms with Gasteiger partial charge in [-0.15, -0.1) is 0 Å². The predicted octanol–water partition coefficient (Wildman–Crippen LogP) is 2.05. The average molecular weight is 320 g/mol. The van der Waals surface area contributed by atoms with Crippen molar-refractivity contribution in [3.05, 3.63) is 34.3 Å². The van der Waals surface area contributed by atoms with E-state index in [1.807, 2.05) is 4.72 Å². The first-order chi connectivity index (χ1) is 7.80. The summed E-state index contributed by atoms with van der Waals surface area (Å²) in [6.07, 6.45) is 0. The van der Waals surface area contributed by atoms with Crippen molar-refractivity contribution in [3.8, 4) is 0 Å². The molecule has 4 nitrogen and oxygen atoms in total. The number of rotatable bonds is 4. The molecule has 0 unspecified atom stereocenters. The molecule has 0 radical (unpaired) electrons. The Morgan fingerprint density at radius 1 is 1.29 bits per heavy atom. The molecule has 1 aromatic carbocycles. The maximum Gasteiger partial charge on any atom is 0.239 e. The molecule has 1 N–H and O–H groups in total. The summed E-state index contributed by atoms with van der Waals surface area (Å²) >= 11 is 3.27. The Morgan fingerprint density at radius 3 is 2.29 bits per heavy atom. The lowest BCUT2D eigenvalue weighted by atomic mass is 10.2. The van der Waals surface area contributed by atoms with Crippen LogP contribution in [0, 0.1) is 5.92 Å². The van der Waals surface area contributed by atoms with Gasteiger partial charge in [0.1, 0.15) is 0 Å². The first-order valence-corrected chi connectivity index (χ1v) is 7.53. The van der Waals surface area contributed by atoms with Crippen molar-refractivity contribution < 1.29 is 13.2 Å². The van der Waals surface area contributed by atoms with Gasteiger partial charge in [0.2, 0.25) is 15.9 Å². The van der Waals surface area contributed by atoms with Gasteiger partial charge in [0.15, 0.2) is 0 Å². The van der Waals surface area contributed by atoms with Crippen LogP contribution in [-0.4, -0.2) is 14.3 Å². The van der Waals surface area contributed by atoms with E-state index in [4.69, 9.17) is 0 Å². The summed E-state index contributed by atoms with van der Waals surface area (Å²) in [5, 5.41) is 0. The summed E-state index contributed by atoms with van der Waals surface area (Å²) < 4.78 is 26.2. The molecule has 0 aromatic heterocycles. The Hall–Kier alpha value is -0.880. The molecule has 0 atom stereocenters. The molecule has 0 aliphatic carbocycles. The van der Waals surface area contributed by atoms with Crippen molar-refractivity contribution >= 4 is 31.9 Å². The maximum atomic E-state index is 11.7. The van der Waals surface area contributed by atoms with Gasteiger partial charge in [-0.25, -0.2) is 8.42 Å². The number of carbonyl (C=O) groups is 1. The van der Waals surface area contributed by atoms with Crippen LogP contribution < -0.4 is 4.72 Å². The molecule has 1 aromatic rings. The molecule has 0 bridgehead atoms. The number of halogens is 1. The first kappa shape index (κ1) is 14.2. The highest BCUT2D eigenvalue weighted by atomic mass is 79.9. The molecule has 6 heteroatoms. The van der Waals surface area contributed by atoms with Crippen molar-refractivity contribution in [2.24, 2.45) is 5.92 Å². The number of sulfonamides is 1. The van der Waals surface area contributed by atoms with Crippen molar-refractivity contribution in [3.63, 3.8) is 0 Å². The van der Waals surface area contributed by atoms with Gasteiger partial charge in [0, 0.05) is 10.4 Å². The zero-order valence-corrected chi connectivity index (χ0v) is 12.0. The lowest BCUT2D eigenvalue weighted by Gasteiger charge is -2.08. The Labute approximate surface area is 110 Å². The zero-order valence-electron chi connectivity index (χ0n) is 9.60. The molecule has 1 amide bonds. The number of hydrogen-bond donors (Lipinski definition) is 1. The Balaban J connectivity index is 2.73. The van der Waals surface area contributed by atoms with E-state index >= 15 is 0 Å². The summed E-state index contributed by atoms with van der Waals surface area (Å²) in [7, 11) is -3.61. The van der Waals surface area contributed by atoms with E-state index < -0.39 is 15.9 Å². The molecule has 0 saturated heterocycles. The van der Waals surface area contributed by atoms with Gasteiger partial charge in [-0.3, -0.25) is 9.52 Å². The summed E-state index contributed by atoms with van der Waals surface area (Å²) in [5.74, 6) is -1.03. The Morgan fingerprint density at radius 2 is 1.82 bits per heavy atom. The number of hydrogen-bond acceptors (Lipinski definition) is 3. The first-order valence-electron chi connectivity index (χ1n) is 5.09. The number of amides is 1. The minimum Gasteiger partial charge on any atom is -0.274 e. The molecule has 0 aliphatic rings. The van der Waals surface area contributed by atoms with E-state index in [-0.39, 0.29) is 11.7 Å². The number of benzene rings is 1. The smallest absolute Gasteiger partial charge is 0.239 e. The molecular weight excluding hydrogens is 306 g/mol. The highest BCUT2D eigenvalue weighted by Gasteiger charge is 2.17. The van der Waals surface area contributed by atoms with Gasteiger partial charge in [-0.05, 0) is 17.7 Å². The van der Waals surface area contributed by atoms with E-state index in [0.29, 0.717) is 5.56 Å². The van der Waals surface area contributed by atoms with Crippen LogP contribution in [0.2, 0.25) is 0 Å². The third kappa shape index (κ3) is 4.87. The standard InChI is InChI=1S/C11H14BrNO3S/c1-8(2)11(14)13-17(15,16)7-9-3-5-10(12)6-4-9/h3-6,8H,7H2,1-2H3,(H,13,14). The lowest BCUT2D eigenvalue weighted by Crippen LogP contribution is -2.34. The van der Waals surface area contributed by atoms with Crippen LogP contribution in [0.5, 0.6) is 0 Å². The van der Waals surface area contributed by atoms with Gasteiger partial charge in [0.05, 0.1) is 5.75 Å².